The first-order chi connectivity index (χ1) is 13.1. The van der Waals surface area contributed by atoms with Gasteiger partial charge in [-0.2, -0.15) is 0 Å². The number of likely N-dealkylation sites (tertiary alicyclic amines) is 3. The van der Waals surface area contributed by atoms with Gasteiger partial charge < -0.3 is 19.3 Å². The number of hydrogen-bond donors (Lipinski definition) is 0. The molecule has 0 aliphatic carbocycles. The van der Waals surface area contributed by atoms with E-state index in [0.29, 0.717) is 32.2 Å². The Kier molecular flexibility index (Phi) is 6.98. The smallest absolute Gasteiger partial charge is 0.409 e. The largest absolute Gasteiger partial charge is 0.450 e. The summed E-state index contributed by atoms with van der Waals surface area (Å²) in [5.74, 6) is 0.276. The van der Waals surface area contributed by atoms with Crippen molar-refractivity contribution in [3.8, 4) is 0 Å². The third kappa shape index (κ3) is 4.93. The van der Waals surface area contributed by atoms with Crippen molar-refractivity contribution in [1.29, 1.82) is 0 Å². The van der Waals surface area contributed by atoms with E-state index in [-0.39, 0.29) is 17.4 Å². The molecule has 0 saturated carbocycles. The molecule has 3 saturated heterocycles. The molecule has 3 rings (SSSR count). The van der Waals surface area contributed by atoms with Crippen LogP contribution in [0, 0.1) is 5.41 Å². The summed E-state index contributed by atoms with van der Waals surface area (Å²) in [7, 11) is 1.69. The number of hydrogen-bond acceptors (Lipinski definition) is 5. The van der Waals surface area contributed by atoms with Crippen molar-refractivity contribution in [2.45, 2.75) is 51.5 Å². The summed E-state index contributed by atoms with van der Waals surface area (Å²) < 4.78 is 10.3. The number of carbonyl (C=O) groups is 2. The van der Waals surface area contributed by atoms with Crippen molar-refractivity contribution >= 4 is 12.0 Å². The van der Waals surface area contributed by atoms with Gasteiger partial charge in [-0.25, -0.2) is 4.79 Å². The fourth-order valence-electron chi connectivity index (χ4n) is 5.03. The maximum Gasteiger partial charge on any atom is 0.409 e. The van der Waals surface area contributed by atoms with Crippen LogP contribution in [0.3, 0.4) is 0 Å². The molecule has 27 heavy (non-hydrogen) atoms. The molecule has 0 bridgehead atoms. The van der Waals surface area contributed by atoms with Gasteiger partial charge in [0.1, 0.15) is 0 Å². The van der Waals surface area contributed by atoms with Crippen molar-refractivity contribution in [2.24, 2.45) is 5.41 Å². The average molecular weight is 382 g/mol. The Morgan fingerprint density at radius 3 is 2.67 bits per heavy atom. The molecule has 0 N–H and O–H groups in total. The number of carbonyl (C=O) groups excluding carboxylic acids is 2. The van der Waals surface area contributed by atoms with Gasteiger partial charge >= 0.3 is 6.09 Å². The lowest BCUT2D eigenvalue weighted by Gasteiger charge is -2.51. The first-order valence-corrected chi connectivity index (χ1v) is 10.5. The van der Waals surface area contributed by atoms with Crippen molar-refractivity contribution in [1.82, 2.24) is 14.7 Å². The number of nitrogens with zero attached hydrogens (tertiary/aromatic N) is 3. The monoisotopic (exact) mass is 381 g/mol. The van der Waals surface area contributed by atoms with E-state index >= 15 is 0 Å². The quantitative estimate of drug-likeness (QED) is 0.728. The SMILES string of the molecule is CCOC(=O)N1CCC(N2CCCC3(CCC(=O)N(CCOC)C3)C2)CC1. The predicted octanol–water partition coefficient (Wildman–Crippen LogP) is 1.96. The summed E-state index contributed by atoms with van der Waals surface area (Å²) in [6, 6.07) is 0.540. The molecule has 1 spiro atoms. The van der Waals surface area contributed by atoms with Crippen LogP contribution in [0.1, 0.15) is 45.4 Å². The van der Waals surface area contributed by atoms with Crippen LogP contribution in [0.4, 0.5) is 4.79 Å². The van der Waals surface area contributed by atoms with Crippen molar-refractivity contribution in [3.63, 3.8) is 0 Å². The topological polar surface area (TPSA) is 62.3 Å². The second-order valence-electron chi connectivity index (χ2n) is 8.30. The van der Waals surface area contributed by atoms with Gasteiger partial charge in [0.15, 0.2) is 0 Å². The van der Waals surface area contributed by atoms with E-state index in [4.69, 9.17) is 9.47 Å². The van der Waals surface area contributed by atoms with Crippen LogP contribution in [0.2, 0.25) is 0 Å². The Morgan fingerprint density at radius 2 is 1.96 bits per heavy atom. The molecule has 7 nitrogen and oxygen atoms in total. The third-order valence-electron chi connectivity index (χ3n) is 6.51. The third-order valence-corrected chi connectivity index (χ3v) is 6.51. The van der Waals surface area contributed by atoms with Gasteiger partial charge in [0, 0.05) is 57.7 Å². The molecule has 3 aliphatic rings. The van der Waals surface area contributed by atoms with E-state index in [2.05, 4.69) is 4.90 Å². The molecule has 154 valence electrons. The first kappa shape index (κ1) is 20.4. The van der Waals surface area contributed by atoms with Gasteiger partial charge in [0.05, 0.1) is 13.2 Å². The Hall–Kier alpha value is -1.34. The Morgan fingerprint density at radius 1 is 1.19 bits per heavy atom. The number of ether oxygens (including phenoxy) is 2. The van der Waals surface area contributed by atoms with Crippen LogP contribution >= 0.6 is 0 Å². The van der Waals surface area contributed by atoms with E-state index in [0.717, 1.165) is 52.0 Å². The Bertz CT molecular complexity index is 521. The number of piperidine rings is 3. The summed E-state index contributed by atoms with van der Waals surface area (Å²) in [5, 5.41) is 0. The standard InChI is InChI=1S/C20H35N3O4/c1-3-27-19(25)21-11-6-17(7-12-21)22-10-4-8-20(15-22)9-5-18(24)23(16-20)13-14-26-2/h17H,3-16H2,1-2H3. The zero-order valence-corrected chi connectivity index (χ0v) is 17.0. The van der Waals surface area contributed by atoms with Crippen LogP contribution in [-0.4, -0.2) is 92.3 Å². The molecule has 2 amide bonds. The summed E-state index contributed by atoms with van der Waals surface area (Å²) in [6.07, 6.45) is 5.94. The molecule has 3 aliphatic heterocycles. The molecule has 0 aromatic rings. The van der Waals surface area contributed by atoms with Crippen LogP contribution < -0.4 is 0 Å². The molecule has 3 fully saturated rings. The van der Waals surface area contributed by atoms with Gasteiger partial charge in [0.2, 0.25) is 5.91 Å². The zero-order valence-electron chi connectivity index (χ0n) is 17.0. The van der Waals surface area contributed by atoms with E-state index < -0.39 is 0 Å². The molecule has 0 radical (unpaired) electrons. The van der Waals surface area contributed by atoms with Gasteiger partial charge in [0.25, 0.3) is 0 Å². The van der Waals surface area contributed by atoms with E-state index in [1.54, 1.807) is 7.11 Å². The lowest BCUT2D eigenvalue weighted by Crippen LogP contribution is -2.57. The van der Waals surface area contributed by atoms with Crippen LogP contribution in [0.15, 0.2) is 0 Å². The highest BCUT2D eigenvalue weighted by Crippen LogP contribution is 2.40. The number of amides is 2. The Balaban J connectivity index is 1.55. The normalized spacial score (nSPS) is 28.0. The van der Waals surface area contributed by atoms with Crippen LogP contribution in [0.25, 0.3) is 0 Å². The zero-order chi connectivity index (χ0) is 19.3. The van der Waals surface area contributed by atoms with Gasteiger partial charge in [-0.15, -0.1) is 0 Å². The summed E-state index contributed by atoms with van der Waals surface area (Å²) >= 11 is 0. The summed E-state index contributed by atoms with van der Waals surface area (Å²) in [5.41, 5.74) is 0.234. The van der Waals surface area contributed by atoms with Gasteiger partial charge in [-0.05, 0) is 45.6 Å². The lowest BCUT2D eigenvalue weighted by molar-refractivity contribution is -0.140. The summed E-state index contributed by atoms with van der Waals surface area (Å²) in [4.78, 5) is 30.7. The number of rotatable bonds is 5. The highest BCUT2D eigenvalue weighted by atomic mass is 16.6. The minimum Gasteiger partial charge on any atom is -0.450 e. The van der Waals surface area contributed by atoms with Crippen molar-refractivity contribution in [3.05, 3.63) is 0 Å². The maximum atomic E-state index is 12.3. The van der Waals surface area contributed by atoms with Crippen LogP contribution in [-0.2, 0) is 14.3 Å². The minimum atomic E-state index is -0.175. The van der Waals surface area contributed by atoms with Gasteiger partial charge in [-0.3, -0.25) is 9.69 Å². The molecular formula is C20H35N3O4. The number of methoxy groups -OCH3 is 1. The second-order valence-corrected chi connectivity index (χ2v) is 8.30. The highest BCUT2D eigenvalue weighted by Gasteiger charge is 2.43. The fraction of sp³-hybridized carbons (Fsp3) is 0.900. The molecule has 7 heteroatoms. The van der Waals surface area contributed by atoms with Gasteiger partial charge in [-0.1, -0.05) is 0 Å². The lowest BCUT2D eigenvalue weighted by atomic mass is 9.73. The minimum absolute atomic E-state index is 0.175. The van der Waals surface area contributed by atoms with Crippen molar-refractivity contribution in [2.75, 3.05) is 59.6 Å². The molecule has 0 aromatic heterocycles. The molecule has 1 atom stereocenters. The van der Waals surface area contributed by atoms with Crippen molar-refractivity contribution < 1.29 is 19.1 Å². The van der Waals surface area contributed by atoms with E-state index in [9.17, 15) is 9.59 Å². The van der Waals surface area contributed by atoms with E-state index in [1.165, 1.54) is 12.8 Å². The Labute approximate surface area is 162 Å². The predicted molar refractivity (Wildman–Crippen MR) is 103 cm³/mol. The highest BCUT2D eigenvalue weighted by molar-refractivity contribution is 5.77. The summed E-state index contributed by atoms with van der Waals surface area (Å²) in [6.45, 7) is 8.25. The molecule has 0 aromatic carbocycles. The average Bonchev–Trinajstić information content (AvgIpc) is 2.69. The maximum absolute atomic E-state index is 12.3. The van der Waals surface area contributed by atoms with E-state index in [1.807, 2.05) is 16.7 Å². The first-order valence-electron chi connectivity index (χ1n) is 10.5. The second kappa shape index (κ2) is 9.24. The molecule has 1 unspecified atom stereocenters. The van der Waals surface area contributed by atoms with Crippen LogP contribution in [0.5, 0.6) is 0 Å². The molecule has 3 heterocycles. The molecular weight excluding hydrogens is 346 g/mol. The fourth-order valence-corrected chi connectivity index (χ4v) is 5.03.